The standard InChI is InChI=1S/C29H31F4O2/c1-3-4-5-6-7-8-9-10-22-13-17-24(18-14-22)35-29(32,33)27-25(30)19-20-26(28(27)31)34-23-15-11-21(2)12-16-23/h11-19H,3-10H2,1-2H3. The molecule has 0 amide bonds. The molecule has 0 saturated heterocycles. The highest BCUT2D eigenvalue weighted by atomic mass is 19.3. The second kappa shape index (κ2) is 12.6. The first-order chi connectivity index (χ1) is 16.8. The van der Waals surface area contributed by atoms with Gasteiger partial charge in [-0.05, 0) is 55.7 Å². The van der Waals surface area contributed by atoms with Crippen molar-refractivity contribution in [1.82, 2.24) is 0 Å². The number of hydrogen-bond donors (Lipinski definition) is 0. The van der Waals surface area contributed by atoms with Crippen molar-refractivity contribution in [2.45, 2.75) is 71.3 Å². The monoisotopic (exact) mass is 487 g/mol. The second-order valence-electron chi connectivity index (χ2n) is 8.70. The smallest absolute Gasteiger partial charge is 0.432 e. The first-order valence-corrected chi connectivity index (χ1v) is 12.1. The van der Waals surface area contributed by atoms with Crippen LogP contribution in [0, 0.1) is 24.6 Å². The molecule has 3 aromatic carbocycles. The van der Waals surface area contributed by atoms with Crippen molar-refractivity contribution in [3.05, 3.63) is 89.0 Å². The predicted molar refractivity (Wildman–Crippen MR) is 129 cm³/mol. The normalized spacial score (nSPS) is 11.5. The maximum absolute atomic E-state index is 14.9. The van der Waals surface area contributed by atoms with Crippen LogP contribution in [0.5, 0.6) is 17.2 Å². The molecule has 0 aliphatic heterocycles. The van der Waals surface area contributed by atoms with Crippen LogP contribution in [0.3, 0.4) is 0 Å². The Balaban J connectivity index is 1.63. The minimum absolute atomic E-state index is 0.189. The minimum Gasteiger partial charge on any atom is -0.454 e. The molecule has 0 aliphatic carbocycles. The zero-order chi connectivity index (χ0) is 25.3. The van der Waals surface area contributed by atoms with Crippen LogP contribution >= 0.6 is 0 Å². The van der Waals surface area contributed by atoms with E-state index in [0.717, 1.165) is 30.4 Å². The minimum atomic E-state index is -4.26. The third kappa shape index (κ3) is 7.74. The van der Waals surface area contributed by atoms with Crippen molar-refractivity contribution in [3.8, 4) is 17.2 Å². The molecule has 35 heavy (non-hydrogen) atoms. The topological polar surface area (TPSA) is 18.5 Å². The van der Waals surface area contributed by atoms with Crippen LogP contribution < -0.4 is 9.47 Å². The first-order valence-electron chi connectivity index (χ1n) is 12.1. The van der Waals surface area contributed by atoms with Gasteiger partial charge in [0, 0.05) is 6.07 Å². The number of unbranched alkanes of at least 4 members (excludes halogenated alkanes) is 6. The van der Waals surface area contributed by atoms with Crippen LogP contribution in [-0.2, 0) is 12.5 Å². The molecule has 1 radical (unpaired) electrons. The number of rotatable bonds is 13. The van der Waals surface area contributed by atoms with Gasteiger partial charge in [-0.3, -0.25) is 0 Å². The van der Waals surface area contributed by atoms with Gasteiger partial charge in [0.2, 0.25) is 0 Å². The number of benzene rings is 3. The Hall–Kier alpha value is -3.02. The van der Waals surface area contributed by atoms with Crippen LogP contribution in [0.25, 0.3) is 0 Å². The second-order valence-corrected chi connectivity index (χ2v) is 8.70. The molecule has 0 fully saturated rings. The lowest BCUT2D eigenvalue weighted by atomic mass is 10.0. The highest BCUT2D eigenvalue weighted by Crippen LogP contribution is 2.38. The fraction of sp³-hybridized carbons (Fsp3) is 0.379. The zero-order valence-corrected chi connectivity index (χ0v) is 20.2. The Morgan fingerprint density at radius 2 is 1.40 bits per heavy atom. The van der Waals surface area contributed by atoms with E-state index < -0.39 is 29.1 Å². The van der Waals surface area contributed by atoms with E-state index in [1.165, 1.54) is 44.2 Å². The van der Waals surface area contributed by atoms with Crippen LogP contribution in [0.1, 0.15) is 68.6 Å². The lowest BCUT2D eigenvalue weighted by molar-refractivity contribution is -0.189. The van der Waals surface area contributed by atoms with E-state index in [-0.39, 0.29) is 11.5 Å². The van der Waals surface area contributed by atoms with E-state index in [9.17, 15) is 17.6 Å². The Labute approximate surface area is 204 Å². The molecular formula is C29H31F4O2. The van der Waals surface area contributed by atoms with Crippen LogP contribution in [-0.4, -0.2) is 0 Å². The van der Waals surface area contributed by atoms with E-state index >= 15 is 0 Å². The van der Waals surface area contributed by atoms with Crippen molar-refractivity contribution in [3.63, 3.8) is 0 Å². The third-order valence-electron chi connectivity index (χ3n) is 5.76. The molecular weight excluding hydrogens is 456 g/mol. The number of ether oxygens (including phenoxy) is 2. The van der Waals surface area contributed by atoms with Crippen LogP contribution in [0.4, 0.5) is 17.6 Å². The third-order valence-corrected chi connectivity index (χ3v) is 5.76. The predicted octanol–water partition coefficient (Wildman–Crippen LogP) is 9.29. The number of alkyl halides is 2. The highest BCUT2D eigenvalue weighted by molar-refractivity contribution is 5.38. The van der Waals surface area contributed by atoms with Crippen molar-refractivity contribution >= 4 is 0 Å². The van der Waals surface area contributed by atoms with Gasteiger partial charge in [-0.1, -0.05) is 75.3 Å². The highest BCUT2D eigenvalue weighted by Gasteiger charge is 2.42. The van der Waals surface area contributed by atoms with Crippen LogP contribution in [0.15, 0.2) is 54.6 Å². The molecule has 6 heteroatoms. The Morgan fingerprint density at radius 1 is 0.800 bits per heavy atom. The first kappa shape index (κ1) is 26.6. The number of aryl methyl sites for hydroxylation is 2. The Morgan fingerprint density at radius 3 is 2.06 bits per heavy atom. The molecule has 0 aliphatic rings. The molecule has 0 bridgehead atoms. The van der Waals surface area contributed by atoms with Gasteiger partial charge < -0.3 is 9.47 Å². The molecule has 3 aromatic rings. The average Bonchev–Trinajstić information content (AvgIpc) is 2.82. The summed E-state index contributed by atoms with van der Waals surface area (Å²) >= 11 is 0. The Bertz CT molecular complexity index is 1060. The average molecular weight is 488 g/mol. The van der Waals surface area contributed by atoms with Gasteiger partial charge in [-0.2, -0.15) is 8.78 Å². The van der Waals surface area contributed by atoms with Crippen molar-refractivity contribution < 1.29 is 27.0 Å². The SMILES string of the molecule is CCCCCCCCCc1ccc(OC(F)(F)c2c(F)c[c]c(Oc3ccc(C)cc3)c2F)cc1. The lowest BCUT2D eigenvalue weighted by Crippen LogP contribution is -2.25. The van der Waals surface area contributed by atoms with E-state index in [0.29, 0.717) is 6.07 Å². The molecule has 0 unspecified atom stereocenters. The summed E-state index contributed by atoms with van der Waals surface area (Å²) in [5.41, 5.74) is 0.412. The summed E-state index contributed by atoms with van der Waals surface area (Å²) < 4.78 is 68.9. The van der Waals surface area contributed by atoms with Crippen molar-refractivity contribution in [2.24, 2.45) is 0 Å². The van der Waals surface area contributed by atoms with Gasteiger partial charge in [-0.15, -0.1) is 0 Å². The van der Waals surface area contributed by atoms with E-state index in [4.69, 9.17) is 9.47 Å². The summed E-state index contributed by atoms with van der Waals surface area (Å²) in [6.45, 7) is 4.04. The number of halogens is 4. The fourth-order valence-corrected chi connectivity index (χ4v) is 3.76. The molecule has 187 valence electrons. The molecule has 3 rings (SSSR count). The van der Waals surface area contributed by atoms with Crippen LogP contribution in [0.2, 0.25) is 0 Å². The van der Waals surface area contributed by atoms with Gasteiger partial charge in [0.15, 0.2) is 11.6 Å². The summed E-state index contributed by atoms with van der Waals surface area (Å²) in [6, 6.07) is 15.5. The van der Waals surface area contributed by atoms with Gasteiger partial charge >= 0.3 is 6.11 Å². The number of hydrogen-bond acceptors (Lipinski definition) is 2. The summed E-state index contributed by atoms with van der Waals surface area (Å²) in [5, 5.41) is 0. The van der Waals surface area contributed by atoms with Gasteiger partial charge in [0.25, 0.3) is 0 Å². The van der Waals surface area contributed by atoms with Gasteiger partial charge in [-0.25, -0.2) is 8.78 Å². The van der Waals surface area contributed by atoms with Gasteiger partial charge in [0.1, 0.15) is 22.9 Å². The quantitative estimate of drug-likeness (QED) is 0.177. The molecule has 0 heterocycles. The van der Waals surface area contributed by atoms with Crippen molar-refractivity contribution in [2.75, 3.05) is 0 Å². The molecule has 0 N–H and O–H groups in total. The lowest BCUT2D eigenvalue weighted by Gasteiger charge is -2.20. The van der Waals surface area contributed by atoms with E-state index in [1.54, 1.807) is 36.4 Å². The molecule has 0 saturated carbocycles. The van der Waals surface area contributed by atoms with Crippen molar-refractivity contribution in [1.29, 1.82) is 0 Å². The summed E-state index contributed by atoms with van der Waals surface area (Å²) in [7, 11) is 0. The molecule has 2 nitrogen and oxygen atoms in total. The summed E-state index contributed by atoms with van der Waals surface area (Å²) in [6.07, 6.45) is 4.89. The summed E-state index contributed by atoms with van der Waals surface area (Å²) in [5.74, 6) is -3.65. The Kier molecular flexibility index (Phi) is 9.58. The fourth-order valence-electron chi connectivity index (χ4n) is 3.76. The molecule has 0 spiro atoms. The zero-order valence-electron chi connectivity index (χ0n) is 20.2. The maximum Gasteiger partial charge on any atom is 0.432 e. The van der Waals surface area contributed by atoms with E-state index in [2.05, 4.69) is 13.0 Å². The maximum atomic E-state index is 14.9. The van der Waals surface area contributed by atoms with Gasteiger partial charge in [0.05, 0.1) is 0 Å². The molecule has 0 aromatic heterocycles. The largest absolute Gasteiger partial charge is 0.454 e. The summed E-state index contributed by atoms with van der Waals surface area (Å²) in [4.78, 5) is 0. The van der Waals surface area contributed by atoms with E-state index in [1.807, 2.05) is 6.92 Å². The molecule has 0 atom stereocenters.